The van der Waals surface area contributed by atoms with Crippen LogP contribution in [0.1, 0.15) is 12.5 Å². The van der Waals surface area contributed by atoms with E-state index < -0.39 is 0 Å². The largest absolute Gasteiger partial charge is 0.348 e. The lowest BCUT2D eigenvalue weighted by molar-refractivity contribution is 0.524. The van der Waals surface area contributed by atoms with Gasteiger partial charge in [-0.1, -0.05) is 12.1 Å². The van der Waals surface area contributed by atoms with E-state index in [0.29, 0.717) is 18.2 Å². The molecule has 0 saturated heterocycles. The number of hydrogen-bond donors (Lipinski definition) is 3. The van der Waals surface area contributed by atoms with Crippen LogP contribution in [0.25, 0.3) is 27.7 Å². The molecule has 1 aromatic carbocycles. The Hall–Kier alpha value is -2.48. The van der Waals surface area contributed by atoms with Gasteiger partial charge in [-0.15, -0.1) is 0 Å². The molecule has 4 aromatic rings. The average Bonchev–Trinajstić information content (AvgIpc) is 3.30. The van der Waals surface area contributed by atoms with Crippen LogP contribution in [0.3, 0.4) is 0 Å². The zero-order valence-electron chi connectivity index (χ0n) is 14.7. The second-order valence-electron chi connectivity index (χ2n) is 6.48. The minimum absolute atomic E-state index is 0.212. The Bertz CT molecular complexity index is 1100. The summed E-state index contributed by atoms with van der Waals surface area (Å²) in [4.78, 5) is 12.3. The third-order valence-electron chi connectivity index (χ3n) is 4.59. The van der Waals surface area contributed by atoms with Crippen molar-refractivity contribution in [3.8, 4) is 11.1 Å². The number of fused-ring (bicyclic) bond motifs is 3. The van der Waals surface area contributed by atoms with E-state index in [0.717, 1.165) is 34.1 Å². The number of benzene rings is 1. The van der Waals surface area contributed by atoms with Gasteiger partial charge in [0, 0.05) is 24.5 Å². The van der Waals surface area contributed by atoms with Gasteiger partial charge in [0.15, 0.2) is 5.65 Å². The maximum Gasteiger partial charge on any atom is 0.348 e. The Morgan fingerprint density at radius 3 is 2.92 bits per heavy atom. The van der Waals surface area contributed by atoms with Crippen molar-refractivity contribution in [1.29, 1.82) is 0 Å². The number of hydrogen-bond acceptors (Lipinski definition) is 5. The summed E-state index contributed by atoms with van der Waals surface area (Å²) in [5.74, 6) is 0. The molecule has 4 rings (SSSR count). The second-order valence-corrected chi connectivity index (χ2v) is 7.26. The monoisotopic (exact) mass is 367 g/mol. The number of H-pyrrole nitrogens is 1. The molecule has 0 amide bonds. The van der Waals surface area contributed by atoms with Crippen molar-refractivity contribution < 1.29 is 0 Å². The highest BCUT2D eigenvalue weighted by atomic mass is 32.1. The summed E-state index contributed by atoms with van der Waals surface area (Å²) in [5, 5.41) is 18.7. The standard InChI is InChI=1S/C19H21N5OS/c1-12(9-20-2)21-10-15-8-18-22-23-19(25)24(18)17-7-13(3-4-16(15)17)14-5-6-26-11-14/h3-8,11-12,20-21H,9-10H2,1-2H3,(H,23,25). The van der Waals surface area contributed by atoms with Gasteiger partial charge in [0.1, 0.15) is 0 Å². The molecule has 1 unspecified atom stereocenters. The third-order valence-corrected chi connectivity index (χ3v) is 5.28. The average molecular weight is 367 g/mol. The van der Waals surface area contributed by atoms with Crippen molar-refractivity contribution >= 4 is 27.9 Å². The van der Waals surface area contributed by atoms with E-state index >= 15 is 0 Å². The highest BCUT2D eigenvalue weighted by Gasteiger charge is 2.12. The van der Waals surface area contributed by atoms with E-state index in [1.54, 1.807) is 15.7 Å². The van der Waals surface area contributed by atoms with Gasteiger partial charge in [0.05, 0.1) is 5.52 Å². The molecule has 1 atom stereocenters. The molecule has 0 fully saturated rings. The van der Waals surface area contributed by atoms with Crippen molar-refractivity contribution in [2.24, 2.45) is 0 Å². The summed E-state index contributed by atoms with van der Waals surface area (Å²) in [6.07, 6.45) is 0. The summed E-state index contributed by atoms with van der Waals surface area (Å²) in [6, 6.07) is 10.7. The fraction of sp³-hybridized carbons (Fsp3) is 0.263. The molecule has 3 N–H and O–H groups in total. The topological polar surface area (TPSA) is 74.2 Å². The SMILES string of the molecule is CNCC(C)NCc1cc2n[nH]c(=O)n2c2cc(-c3ccsc3)ccc12. The fourth-order valence-electron chi connectivity index (χ4n) is 3.28. The Morgan fingerprint density at radius 1 is 1.27 bits per heavy atom. The van der Waals surface area contributed by atoms with Crippen LogP contribution in [0.5, 0.6) is 0 Å². The number of aromatic amines is 1. The van der Waals surface area contributed by atoms with E-state index in [1.165, 1.54) is 0 Å². The predicted octanol–water partition coefficient (Wildman–Crippen LogP) is 2.60. The summed E-state index contributed by atoms with van der Waals surface area (Å²) in [7, 11) is 1.95. The van der Waals surface area contributed by atoms with Crippen molar-refractivity contribution in [3.63, 3.8) is 0 Å². The number of pyridine rings is 1. The molecular formula is C19H21N5OS. The van der Waals surface area contributed by atoms with Gasteiger partial charge in [-0.2, -0.15) is 16.4 Å². The molecule has 3 heterocycles. The lowest BCUT2D eigenvalue weighted by atomic mass is 10.0. The normalized spacial score (nSPS) is 12.8. The number of rotatable bonds is 6. The minimum Gasteiger partial charge on any atom is -0.318 e. The van der Waals surface area contributed by atoms with Gasteiger partial charge in [-0.3, -0.25) is 0 Å². The minimum atomic E-state index is -0.212. The molecule has 134 valence electrons. The molecule has 0 aliphatic carbocycles. The van der Waals surface area contributed by atoms with Crippen LogP contribution >= 0.6 is 11.3 Å². The molecule has 0 aliphatic heterocycles. The molecule has 0 spiro atoms. The number of thiophene rings is 1. The van der Waals surface area contributed by atoms with Crippen LogP contribution in [-0.2, 0) is 6.54 Å². The predicted molar refractivity (Wildman–Crippen MR) is 107 cm³/mol. The summed E-state index contributed by atoms with van der Waals surface area (Å²) in [6.45, 7) is 3.75. The molecule has 0 bridgehead atoms. The lowest BCUT2D eigenvalue weighted by Crippen LogP contribution is -2.34. The molecule has 0 aliphatic rings. The molecular weight excluding hydrogens is 346 g/mol. The van der Waals surface area contributed by atoms with Gasteiger partial charge in [0.25, 0.3) is 0 Å². The Balaban J connectivity index is 1.85. The van der Waals surface area contributed by atoms with E-state index in [-0.39, 0.29) is 5.69 Å². The quantitative estimate of drug-likeness (QED) is 0.490. The first-order chi connectivity index (χ1) is 12.7. The highest BCUT2D eigenvalue weighted by molar-refractivity contribution is 7.08. The summed E-state index contributed by atoms with van der Waals surface area (Å²) >= 11 is 1.66. The number of likely N-dealkylation sites (N-methyl/N-ethyl adjacent to an activating group) is 1. The van der Waals surface area contributed by atoms with Crippen molar-refractivity contribution in [3.05, 3.63) is 57.1 Å². The summed E-state index contributed by atoms with van der Waals surface area (Å²) in [5.41, 5.74) is 4.70. The molecule has 0 saturated carbocycles. The van der Waals surface area contributed by atoms with Gasteiger partial charge in [-0.05, 0) is 59.6 Å². The van der Waals surface area contributed by atoms with Crippen LogP contribution in [0.15, 0.2) is 45.9 Å². The maximum absolute atomic E-state index is 12.3. The second kappa shape index (κ2) is 7.03. The van der Waals surface area contributed by atoms with Crippen LogP contribution in [0.2, 0.25) is 0 Å². The van der Waals surface area contributed by atoms with Gasteiger partial charge in [-0.25, -0.2) is 14.3 Å². The van der Waals surface area contributed by atoms with Crippen molar-refractivity contribution in [1.82, 2.24) is 25.2 Å². The van der Waals surface area contributed by atoms with E-state index in [1.807, 2.05) is 13.1 Å². The third kappa shape index (κ3) is 3.05. The Morgan fingerprint density at radius 2 is 2.15 bits per heavy atom. The molecule has 6 nitrogen and oxygen atoms in total. The number of nitrogens with one attached hydrogen (secondary N) is 3. The van der Waals surface area contributed by atoms with Crippen LogP contribution in [0, 0.1) is 0 Å². The zero-order chi connectivity index (χ0) is 18.1. The van der Waals surface area contributed by atoms with Gasteiger partial charge < -0.3 is 10.6 Å². The molecule has 3 aromatic heterocycles. The first kappa shape index (κ1) is 17.0. The zero-order valence-corrected chi connectivity index (χ0v) is 15.6. The molecule has 26 heavy (non-hydrogen) atoms. The number of nitrogens with zero attached hydrogens (tertiary/aromatic N) is 2. The fourth-order valence-corrected chi connectivity index (χ4v) is 3.94. The number of aromatic nitrogens is 3. The van der Waals surface area contributed by atoms with Gasteiger partial charge in [0.2, 0.25) is 0 Å². The van der Waals surface area contributed by atoms with Crippen molar-refractivity contribution in [2.45, 2.75) is 19.5 Å². The van der Waals surface area contributed by atoms with E-state index in [4.69, 9.17) is 0 Å². The maximum atomic E-state index is 12.3. The first-order valence-electron chi connectivity index (χ1n) is 8.60. The first-order valence-corrected chi connectivity index (χ1v) is 9.55. The van der Waals surface area contributed by atoms with Crippen molar-refractivity contribution in [2.75, 3.05) is 13.6 Å². The van der Waals surface area contributed by atoms with Crippen LogP contribution in [-0.4, -0.2) is 34.2 Å². The highest BCUT2D eigenvalue weighted by Crippen LogP contribution is 2.28. The van der Waals surface area contributed by atoms with Crippen LogP contribution in [0.4, 0.5) is 0 Å². The Labute approximate surface area is 154 Å². The van der Waals surface area contributed by atoms with Crippen LogP contribution < -0.4 is 16.3 Å². The lowest BCUT2D eigenvalue weighted by Gasteiger charge is -2.15. The molecule has 0 radical (unpaired) electrons. The summed E-state index contributed by atoms with van der Waals surface area (Å²) < 4.78 is 1.64. The van der Waals surface area contributed by atoms with Gasteiger partial charge >= 0.3 is 5.69 Å². The van der Waals surface area contributed by atoms with E-state index in [9.17, 15) is 4.79 Å². The Kier molecular flexibility index (Phi) is 4.58. The van der Waals surface area contributed by atoms with E-state index in [2.05, 4.69) is 62.8 Å². The molecule has 7 heteroatoms. The smallest absolute Gasteiger partial charge is 0.318 e.